The van der Waals surface area contributed by atoms with E-state index in [2.05, 4.69) is 6.92 Å². The number of aliphatic hydroxyl groups is 3. The van der Waals surface area contributed by atoms with Crippen molar-refractivity contribution in [1.29, 1.82) is 5.41 Å². The van der Waals surface area contributed by atoms with Gasteiger partial charge >= 0.3 is 0 Å². The van der Waals surface area contributed by atoms with Gasteiger partial charge in [-0.15, -0.1) is 0 Å². The van der Waals surface area contributed by atoms with Crippen molar-refractivity contribution in [3.8, 4) is 0 Å². The molecule has 5 heteroatoms. The summed E-state index contributed by atoms with van der Waals surface area (Å²) in [4.78, 5) is 12.4. The summed E-state index contributed by atoms with van der Waals surface area (Å²) in [7, 11) is 0. The predicted octanol–water partition coefficient (Wildman–Crippen LogP) is 2.23. The second kappa shape index (κ2) is 5.73. The van der Waals surface area contributed by atoms with E-state index in [-0.39, 0.29) is 23.2 Å². The summed E-state index contributed by atoms with van der Waals surface area (Å²) in [6, 6.07) is 0. The zero-order valence-electron chi connectivity index (χ0n) is 15.8. The van der Waals surface area contributed by atoms with Gasteiger partial charge in [0.1, 0.15) is 12.2 Å². The number of carbonyl (C=O) groups excluding carboxylic acids is 1. The van der Waals surface area contributed by atoms with Crippen LogP contribution < -0.4 is 0 Å². The molecule has 0 saturated heterocycles. The lowest BCUT2D eigenvalue weighted by molar-refractivity contribution is -0.181. The van der Waals surface area contributed by atoms with E-state index in [9.17, 15) is 20.1 Å². The molecule has 0 spiro atoms. The minimum Gasteiger partial charge on any atom is -0.393 e. The first kappa shape index (κ1) is 18.3. The zero-order valence-corrected chi connectivity index (χ0v) is 15.8. The molecule has 3 fully saturated rings. The van der Waals surface area contributed by atoms with Crippen molar-refractivity contribution in [2.24, 2.45) is 28.6 Å². The molecule has 0 amide bonds. The van der Waals surface area contributed by atoms with E-state index >= 15 is 0 Å². The summed E-state index contributed by atoms with van der Waals surface area (Å²) < 4.78 is 0. The molecule has 0 aromatic heterocycles. The van der Waals surface area contributed by atoms with Crippen LogP contribution >= 0.6 is 0 Å². The molecule has 5 nitrogen and oxygen atoms in total. The first-order chi connectivity index (χ1) is 12.2. The van der Waals surface area contributed by atoms with Crippen molar-refractivity contribution in [1.82, 2.24) is 0 Å². The number of Topliss-reactive ketones (excluding diaryl/α,β-unsaturated/α-hetero) is 1. The number of rotatable bonds is 2. The highest BCUT2D eigenvalue weighted by molar-refractivity contribution is 5.94. The van der Waals surface area contributed by atoms with Crippen LogP contribution in [0.1, 0.15) is 58.8 Å². The van der Waals surface area contributed by atoms with Crippen LogP contribution in [0.25, 0.3) is 0 Å². The summed E-state index contributed by atoms with van der Waals surface area (Å²) in [6.07, 6.45) is 6.56. The normalized spacial score (nSPS) is 50.5. The number of hydrogen-bond donors (Lipinski definition) is 4. The molecule has 0 aromatic carbocycles. The van der Waals surface area contributed by atoms with Gasteiger partial charge in [-0.25, -0.2) is 0 Å². The Balaban J connectivity index is 1.74. The van der Waals surface area contributed by atoms with Gasteiger partial charge in [-0.05, 0) is 74.2 Å². The molecule has 3 saturated carbocycles. The van der Waals surface area contributed by atoms with E-state index in [1.54, 1.807) is 0 Å². The molecule has 0 radical (unpaired) electrons. The van der Waals surface area contributed by atoms with Crippen LogP contribution in [0.3, 0.4) is 0 Å². The van der Waals surface area contributed by atoms with E-state index in [1.807, 2.05) is 13.0 Å². The summed E-state index contributed by atoms with van der Waals surface area (Å²) >= 11 is 0. The van der Waals surface area contributed by atoms with Gasteiger partial charge < -0.3 is 20.7 Å². The fourth-order valence-electron chi connectivity index (χ4n) is 7.31. The average molecular weight is 361 g/mol. The lowest BCUT2D eigenvalue weighted by atomic mass is 9.45. The summed E-state index contributed by atoms with van der Waals surface area (Å²) in [5, 5.41) is 39.8. The third kappa shape index (κ3) is 2.14. The minimum atomic E-state index is -1.52. The number of aliphatic hydroxyl groups excluding tert-OH is 2. The number of ketones is 1. The SMILES string of the molecule is C[C@]12CCC(=N)C=C1CC[C@@H]1C2[C@@H](O)C[C@@]2(C)C1CC[C@]2(O)C(=O)CO. The zero-order chi connectivity index (χ0) is 18.9. The van der Waals surface area contributed by atoms with Crippen LogP contribution in [-0.2, 0) is 4.79 Å². The maximum Gasteiger partial charge on any atom is 0.190 e. The Morgan fingerprint density at radius 3 is 2.69 bits per heavy atom. The van der Waals surface area contributed by atoms with Crippen LogP contribution in [0.2, 0.25) is 0 Å². The molecule has 7 atom stereocenters. The number of allylic oxidation sites excluding steroid dienone is 2. The molecule has 0 aliphatic heterocycles. The van der Waals surface area contributed by atoms with E-state index < -0.39 is 29.5 Å². The maximum atomic E-state index is 12.4. The van der Waals surface area contributed by atoms with Crippen molar-refractivity contribution in [2.75, 3.05) is 6.61 Å². The minimum absolute atomic E-state index is 0.0874. The lowest BCUT2D eigenvalue weighted by Gasteiger charge is -2.60. The first-order valence-corrected chi connectivity index (χ1v) is 10.0. The van der Waals surface area contributed by atoms with Gasteiger partial charge in [0.05, 0.1) is 6.10 Å². The second-order valence-electron chi connectivity index (χ2n) is 9.62. The smallest absolute Gasteiger partial charge is 0.190 e. The Hall–Kier alpha value is -1.04. The van der Waals surface area contributed by atoms with E-state index in [0.29, 0.717) is 18.6 Å². The Labute approximate surface area is 155 Å². The average Bonchev–Trinajstić information content (AvgIpc) is 2.86. The Morgan fingerprint density at radius 1 is 1.27 bits per heavy atom. The van der Waals surface area contributed by atoms with Gasteiger partial charge in [-0.1, -0.05) is 19.4 Å². The molecule has 4 aliphatic carbocycles. The molecule has 0 aromatic rings. The number of nitrogens with one attached hydrogen (secondary N) is 1. The molecule has 4 rings (SSSR count). The van der Waals surface area contributed by atoms with Gasteiger partial charge in [0.15, 0.2) is 5.78 Å². The molecule has 26 heavy (non-hydrogen) atoms. The van der Waals surface area contributed by atoms with Crippen molar-refractivity contribution in [3.05, 3.63) is 11.6 Å². The summed E-state index contributed by atoms with van der Waals surface area (Å²) in [5.74, 6) is 0.0944. The van der Waals surface area contributed by atoms with Crippen LogP contribution in [0.5, 0.6) is 0 Å². The lowest BCUT2D eigenvalue weighted by Crippen LogP contribution is -2.62. The highest BCUT2D eigenvalue weighted by Crippen LogP contribution is 2.67. The predicted molar refractivity (Wildman–Crippen MR) is 97.9 cm³/mol. The Morgan fingerprint density at radius 2 is 2.00 bits per heavy atom. The second-order valence-corrected chi connectivity index (χ2v) is 9.62. The highest BCUT2D eigenvalue weighted by atomic mass is 16.3. The van der Waals surface area contributed by atoms with Crippen molar-refractivity contribution >= 4 is 11.5 Å². The molecule has 4 aliphatic rings. The van der Waals surface area contributed by atoms with Gasteiger partial charge in [0, 0.05) is 11.1 Å². The highest BCUT2D eigenvalue weighted by Gasteiger charge is 2.68. The number of fused-ring (bicyclic) bond motifs is 5. The first-order valence-electron chi connectivity index (χ1n) is 10.0. The molecular weight excluding hydrogens is 330 g/mol. The van der Waals surface area contributed by atoms with E-state index in [4.69, 9.17) is 5.41 Å². The Kier molecular flexibility index (Phi) is 4.04. The molecule has 144 valence electrons. The Bertz CT molecular complexity index is 687. The standard InChI is InChI=1S/C21H31NO4/c1-19-7-5-13(22)9-12(19)3-4-14-15-6-8-21(26,17(25)11-23)20(15,2)10-16(24)18(14)19/h9,14-16,18,22-24,26H,3-8,10-11H2,1-2H3/t14-,15?,16-,18?,19-,20-,21-/m0/s1. The maximum absolute atomic E-state index is 12.4. The largest absolute Gasteiger partial charge is 0.393 e. The third-order valence-corrected chi connectivity index (χ3v) is 8.69. The quantitative estimate of drug-likeness (QED) is 0.606. The van der Waals surface area contributed by atoms with Crippen molar-refractivity contribution < 1.29 is 20.1 Å². The molecule has 0 heterocycles. The van der Waals surface area contributed by atoms with Crippen LogP contribution in [0.4, 0.5) is 0 Å². The van der Waals surface area contributed by atoms with Crippen LogP contribution in [-0.4, -0.2) is 45.1 Å². The monoisotopic (exact) mass is 361 g/mol. The molecule has 0 bridgehead atoms. The number of hydrogen-bond acceptors (Lipinski definition) is 5. The molecule has 2 unspecified atom stereocenters. The summed E-state index contributed by atoms with van der Waals surface area (Å²) in [5.41, 5.74) is -0.293. The third-order valence-electron chi connectivity index (χ3n) is 8.69. The topological polar surface area (TPSA) is 102 Å². The van der Waals surface area contributed by atoms with E-state index in [1.165, 1.54) is 5.57 Å². The van der Waals surface area contributed by atoms with Crippen molar-refractivity contribution in [3.63, 3.8) is 0 Å². The van der Waals surface area contributed by atoms with Gasteiger partial charge in [0.25, 0.3) is 0 Å². The van der Waals surface area contributed by atoms with Crippen LogP contribution in [0.15, 0.2) is 11.6 Å². The summed E-state index contributed by atoms with van der Waals surface area (Å²) in [6.45, 7) is 3.55. The van der Waals surface area contributed by atoms with Crippen molar-refractivity contribution in [2.45, 2.75) is 70.5 Å². The van der Waals surface area contributed by atoms with Gasteiger partial charge in [-0.2, -0.15) is 0 Å². The van der Waals surface area contributed by atoms with Crippen LogP contribution in [0, 0.1) is 34.0 Å². The fraction of sp³-hybridized carbons (Fsp3) is 0.810. The fourth-order valence-corrected chi connectivity index (χ4v) is 7.31. The van der Waals surface area contributed by atoms with Gasteiger partial charge in [0.2, 0.25) is 0 Å². The number of carbonyl (C=O) groups is 1. The molecule has 4 N–H and O–H groups in total. The van der Waals surface area contributed by atoms with E-state index in [0.717, 1.165) is 32.1 Å². The van der Waals surface area contributed by atoms with Gasteiger partial charge in [-0.3, -0.25) is 4.79 Å². The molecular formula is C21H31NO4.